The third kappa shape index (κ3) is 4.45. The topological polar surface area (TPSA) is 66.6 Å². The number of nitrogens with zero attached hydrogens (tertiary/aromatic N) is 1. The second kappa shape index (κ2) is 9.24. The maximum atomic E-state index is 12.3. The number of ether oxygens (including phenoxy) is 2. The van der Waals surface area contributed by atoms with Crippen LogP contribution in [0.2, 0.25) is 0 Å². The van der Waals surface area contributed by atoms with E-state index in [-0.39, 0.29) is 11.7 Å². The van der Waals surface area contributed by atoms with Crippen molar-refractivity contribution >= 4 is 22.7 Å². The SMILES string of the molecule is Cc1ccc(CNc2ccc3c(c2)Cc2cccc(C4CN(c5ccc[nH]c5=O)CCO4)c2O3)s1. The van der Waals surface area contributed by atoms with E-state index in [0.717, 1.165) is 41.3 Å². The zero-order valence-corrected chi connectivity index (χ0v) is 20.4. The molecular formula is C28H27N3O3S. The van der Waals surface area contributed by atoms with Crippen LogP contribution in [0.25, 0.3) is 0 Å². The van der Waals surface area contributed by atoms with Gasteiger partial charge in [0.15, 0.2) is 0 Å². The molecule has 1 atom stereocenters. The van der Waals surface area contributed by atoms with Crippen LogP contribution in [-0.2, 0) is 17.7 Å². The van der Waals surface area contributed by atoms with Gasteiger partial charge < -0.3 is 24.7 Å². The van der Waals surface area contributed by atoms with E-state index in [4.69, 9.17) is 9.47 Å². The summed E-state index contributed by atoms with van der Waals surface area (Å²) in [6.45, 7) is 4.79. The second-order valence-electron chi connectivity index (χ2n) is 8.99. The predicted octanol–water partition coefficient (Wildman–Crippen LogP) is 5.63. The average Bonchev–Trinajstić information content (AvgIpc) is 3.31. The monoisotopic (exact) mass is 485 g/mol. The summed E-state index contributed by atoms with van der Waals surface area (Å²) in [5.74, 6) is 1.76. The molecule has 0 aliphatic carbocycles. The summed E-state index contributed by atoms with van der Waals surface area (Å²) in [5, 5.41) is 3.54. The number of aromatic amines is 1. The quantitative estimate of drug-likeness (QED) is 0.338. The number of nitrogens with one attached hydrogen (secondary N) is 2. The van der Waals surface area contributed by atoms with Crippen molar-refractivity contribution in [3.63, 3.8) is 0 Å². The molecular weight excluding hydrogens is 458 g/mol. The number of fused-ring (bicyclic) bond motifs is 2. The molecule has 0 radical (unpaired) electrons. The first-order valence-corrected chi connectivity index (χ1v) is 12.7. The van der Waals surface area contributed by atoms with Gasteiger partial charge in [-0.25, -0.2) is 0 Å². The smallest absolute Gasteiger partial charge is 0.271 e. The Morgan fingerprint density at radius 1 is 1.11 bits per heavy atom. The van der Waals surface area contributed by atoms with Gasteiger partial charge in [-0.05, 0) is 55.0 Å². The van der Waals surface area contributed by atoms with Crippen molar-refractivity contribution in [3.05, 3.63) is 104 Å². The van der Waals surface area contributed by atoms with Crippen molar-refractivity contribution in [2.24, 2.45) is 0 Å². The number of anilines is 2. The van der Waals surface area contributed by atoms with Gasteiger partial charge in [-0.2, -0.15) is 0 Å². The standard InChI is InChI=1S/C28H27N3O3S/c1-18-7-9-22(35-18)16-30-21-8-10-25-20(15-21)14-19-4-2-5-23(27(19)34-25)26-17-31(12-13-33-26)24-6-3-11-29-28(24)32/h2-11,15,26,30H,12-14,16-17H2,1H3,(H,29,32). The third-order valence-electron chi connectivity index (χ3n) is 6.59. The van der Waals surface area contributed by atoms with Crippen molar-refractivity contribution < 1.29 is 9.47 Å². The highest BCUT2D eigenvalue weighted by molar-refractivity contribution is 7.11. The summed E-state index contributed by atoms with van der Waals surface area (Å²) >= 11 is 1.82. The summed E-state index contributed by atoms with van der Waals surface area (Å²) in [7, 11) is 0. The van der Waals surface area contributed by atoms with Gasteiger partial charge in [0.05, 0.1) is 6.61 Å². The number of H-pyrrole nitrogens is 1. The van der Waals surface area contributed by atoms with E-state index < -0.39 is 0 Å². The van der Waals surface area contributed by atoms with Gasteiger partial charge in [0, 0.05) is 58.8 Å². The molecule has 4 heterocycles. The molecule has 35 heavy (non-hydrogen) atoms. The van der Waals surface area contributed by atoms with Crippen molar-refractivity contribution in [3.8, 4) is 11.5 Å². The van der Waals surface area contributed by atoms with Crippen LogP contribution in [0.4, 0.5) is 11.4 Å². The molecule has 1 fully saturated rings. The van der Waals surface area contributed by atoms with E-state index in [1.54, 1.807) is 6.20 Å². The zero-order valence-electron chi connectivity index (χ0n) is 19.5. The lowest BCUT2D eigenvalue weighted by Crippen LogP contribution is -2.41. The van der Waals surface area contributed by atoms with Crippen LogP contribution in [0.5, 0.6) is 11.5 Å². The Bertz CT molecular complexity index is 1430. The van der Waals surface area contributed by atoms with E-state index in [0.29, 0.717) is 25.4 Å². The summed E-state index contributed by atoms with van der Waals surface area (Å²) < 4.78 is 12.6. The van der Waals surface area contributed by atoms with Crippen molar-refractivity contribution in [1.29, 1.82) is 0 Å². The number of morpholine rings is 1. The number of para-hydroxylation sites is 1. The summed E-state index contributed by atoms with van der Waals surface area (Å²) in [4.78, 5) is 19.8. The largest absolute Gasteiger partial charge is 0.456 e. The molecule has 7 heteroatoms. The summed E-state index contributed by atoms with van der Waals surface area (Å²) in [6, 6.07) is 20.6. The number of aromatic nitrogens is 1. The van der Waals surface area contributed by atoms with Crippen LogP contribution in [0.1, 0.15) is 32.5 Å². The van der Waals surface area contributed by atoms with Crippen LogP contribution in [-0.4, -0.2) is 24.7 Å². The number of hydrogen-bond donors (Lipinski definition) is 2. The van der Waals surface area contributed by atoms with Gasteiger partial charge in [0.2, 0.25) is 0 Å². The molecule has 2 aliphatic heterocycles. The fraction of sp³-hybridized carbons (Fsp3) is 0.250. The van der Waals surface area contributed by atoms with Gasteiger partial charge in [-0.1, -0.05) is 18.2 Å². The Kier molecular flexibility index (Phi) is 5.80. The van der Waals surface area contributed by atoms with Crippen molar-refractivity contribution in [1.82, 2.24) is 4.98 Å². The fourth-order valence-corrected chi connectivity index (χ4v) is 5.68. The Balaban J connectivity index is 1.22. The number of hydrogen-bond acceptors (Lipinski definition) is 6. The van der Waals surface area contributed by atoms with Gasteiger partial charge in [0.1, 0.15) is 23.3 Å². The van der Waals surface area contributed by atoms with Crippen molar-refractivity contribution in [2.75, 3.05) is 29.9 Å². The molecule has 2 aliphatic rings. The molecule has 4 aromatic rings. The molecule has 6 rings (SSSR count). The Labute approximate surface area is 208 Å². The minimum absolute atomic E-state index is 0.0768. The summed E-state index contributed by atoms with van der Waals surface area (Å²) in [6.07, 6.45) is 2.29. The minimum atomic E-state index is -0.171. The Hall–Kier alpha value is -3.55. The molecule has 2 aromatic carbocycles. The van der Waals surface area contributed by atoms with Crippen LogP contribution in [0, 0.1) is 6.92 Å². The van der Waals surface area contributed by atoms with Crippen LogP contribution in [0.15, 0.2) is 71.7 Å². The number of benzene rings is 2. The van der Waals surface area contributed by atoms with E-state index in [1.165, 1.54) is 15.3 Å². The van der Waals surface area contributed by atoms with Gasteiger partial charge in [-0.3, -0.25) is 4.79 Å². The first-order chi connectivity index (χ1) is 17.1. The predicted molar refractivity (Wildman–Crippen MR) is 140 cm³/mol. The minimum Gasteiger partial charge on any atom is -0.456 e. The van der Waals surface area contributed by atoms with E-state index in [1.807, 2.05) is 23.5 Å². The lowest BCUT2D eigenvalue weighted by Gasteiger charge is -2.35. The van der Waals surface area contributed by atoms with E-state index in [9.17, 15) is 4.79 Å². The van der Waals surface area contributed by atoms with Crippen LogP contribution >= 0.6 is 11.3 Å². The van der Waals surface area contributed by atoms with E-state index in [2.05, 4.69) is 70.7 Å². The molecule has 0 saturated carbocycles. The van der Waals surface area contributed by atoms with Crippen LogP contribution in [0.3, 0.4) is 0 Å². The molecule has 6 nitrogen and oxygen atoms in total. The van der Waals surface area contributed by atoms with Gasteiger partial charge >= 0.3 is 0 Å². The highest BCUT2D eigenvalue weighted by Gasteiger charge is 2.29. The van der Waals surface area contributed by atoms with Crippen molar-refractivity contribution in [2.45, 2.75) is 26.0 Å². The molecule has 1 saturated heterocycles. The lowest BCUT2D eigenvalue weighted by molar-refractivity contribution is 0.0383. The maximum Gasteiger partial charge on any atom is 0.271 e. The first kappa shape index (κ1) is 21.9. The zero-order chi connectivity index (χ0) is 23.8. The van der Waals surface area contributed by atoms with E-state index >= 15 is 0 Å². The molecule has 0 bridgehead atoms. The molecule has 178 valence electrons. The fourth-order valence-electron chi connectivity index (χ4n) is 4.85. The number of pyridine rings is 1. The average molecular weight is 486 g/mol. The highest BCUT2D eigenvalue weighted by Crippen LogP contribution is 2.43. The lowest BCUT2D eigenvalue weighted by atomic mass is 9.95. The Morgan fingerprint density at radius 2 is 2.06 bits per heavy atom. The third-order valence-corrected chi connectivity index (χ3v) is 7.60. The molecule has 0 amide bonds. The number of thiophene rings is 1. The molecule has 2 N–H and O–H groups in total. The molecule has 2 aromatic heterocycles. The Morgan fingerprint density at radius 3 is 2.91 bits per heavy atom. The van der Waals surface area contributed by atoms with Gasteiger partial charge in [-0.15, -0.1) is 11.3 Å². The molecule has 1 unspecified atom stereocenters. The van der Waals surface area contributed by atoms with Crippen LogP contribution < -0.4 is 20.5 Å². The first-order valence-electron chi connectivity index (χ1n) is 11.9. The normalized spacial score (nSPS) is 16.8. The second-order valence-corrected chi connectivity index (χ2v) is 10.4. The summed E-state index contributed by atoms with van der Waals surface area (Å²) in [5.41, 5.74) is 5.04. The van der Waals surface area contributed by atoms with Gasteiger partial charge in [0.25, 0.3) is 5.56 Å². The molecule has 0 spiro atoms. The number of aryl methyl sites for hydroxylation is 1. The number of rotatable bonds is 5. The maximum absolute atomic E-state index is 12.3. The highest BCUT2D eigenvalue weighted by atomic mass is 32.1.